The summed E-state index contributed by atoms with van der Waals surface area (Å²) in [6.45, 7) is 3.08. The molecule has 2 aromatic rings. The van der Waals surface area contributed by atoms with E-state index >= 15 is 0 Å². The molecule has 2 aromatic carbocycles. The van der Waals surface area contributed by atoms with Crippen LogP contribution in [0.1, 0.15) is 54.9 Å². The van der Waals surface area contributed by atoms with Crippen LogP contribution in [0.25, 0.3) is 0 Å². The molecule has 1 saturated heterocycles. The Bertz CT molecular complexity index is 1790. The third-order valence-corrected chi connectivity index (χ3v) is 16.0. The third kappa shape index (κ3) is 4.24. The van der Waals surface area contributed by atoms with Crippen LogP contribution in [0.2, 0.25) is 0 Å². The van der Waals surface area contributed by atoms with Crippen LogP contribution in [0, 0.1) is 35.0 Å². The minimum absolute atomic E-state index is 0.0761. The van der Waals surface area contributed by atoms with Crippen molar-refractivity contribution in [3.63, 3.8) is 0 Å². The van der Waals surface area contributed by atoms with Gasteiger partial charge in [-0.15, -0.1) is 0 Å². The van der Waals surface area contributed by atoms with E-state index in [4.69, 9.17) is 18.9 Å². The molecule has 6 aliphatic rings. The maximum Gasteiger partial charge on any atom is 0.339 e. The zero-order valence-corrected chi connectivity index (χ0v) is 30.0. The van der Waals surface area contributed by atoms with E-state index in [0.29, 0.717) is 50.1 Å². The Labute approximate surface area is 293 Å². The highest BCUT2D eigenvalue weighted by Crippen LogP contribution is 2.80. The van der Waals surface area contributed by atoms with E-state index in [1.165, 1.54) is 19.2 Å². The van der Waals surface area contributed by atoms with Crippen LogP contribution in [0.4, 0.5) is 0 Å². The fourth-order valence-corrected chi connectivity index (χ4v) is 14.1. The van der Waals surface area contributed by atoms with E-state index in [1.807, 2.05) is 0 Å². The summed E-state index contributed by atoms with van der Waals surface area (Å²) in [5, 5.41) is 37.0. The van der Waals surface area contributed by atoms with Gasteiger partial charge in [0.1, 0.15) is 22.6 Å². The molecule has 12 heteroatoms. The molecule has 0 radical (unpaired) electrons. The number of hydrogen-bond donors (Lipinski definition) is 3. The summed E-state index contributed by atoms with van der Waals surface area (Å²) in [7, 11) is 0.878. The maximum atomic E-state index is 14.5. The number of likely N-dealkylation sites (N-methyl/N-ethyl adjacent to an activating group) is 1. The van der Waals surface area contributed by atoms with Crippen molar-refractivity contribution in [1.29, 1.82) is 0 Å². The van der Waals surface area contributed by atoms with Crippen LogP contribution >= 0.6 is 0 Å². The standard InChI is InChI=1S/C38H49NO10S/c1-5-39-21-35(49-34(41)26-12-7-6-9-22(26)20-50(44,45)25-11-8-10-24(15-25)46-2)14-13-23(19-40)37-30(35)17-28(32(37)39)36(42)18-29(47-3)27-16-31(37)38(36,43)33(27)48-4/h6-12,15,23,27-33,40,42-43H,5,13-14,16-21H2,1-4H3/t23-,27-,28+,29+,30?,31?,32?,33+,35-,36+,37+,38+/m1/s1. The number of carbonyl (C=O) groups is 1. The van der Waals surface area contributed by atoms with Crippen molar-refractivity contribution in [3.05, 3.63) is 59.7 Å². The molecule has 50 heavy (non-hydrogen) atoms. The Morgan fingerprint density at radius 2 is 1.80 bits per heavy atom. The summed E-state index contributed by atoms with van der Waals surface area (Å²) < 4.78 is 51.3. The van der Waals surface area contributed by atoms with E-state index in [-0.39, 0.29) is 59.3 Å². The molecule has 1 heterocycles. The van der Waals surface area contributed by atoms with E-state index in [2.05, 4.69) is 11.8 Å². The lowest BCUT2D eigenvalue weighted by Crippen LogP contribution is -2.82. The predicted octanol–water partition coefficient (Wildman–Crippen LogP) is 2.84. The number of carbonyl (C=O) groups excluding carboxylic acids is 1. The van der Waals surface area contributed by atoms with Gasteiger partial charge in [0.2, 0.25) is 0 Å². The average Bonchev–Trinajstić information content (AvgIpc) is 3.54. The van der Waals surface area contributed by atoms with Crippen LogP contribution < -0.4 is 4.74 Å². The van der Waals surface area contributed by atoms with Gasteiger partial charge < -0.3 is 34.3 Å². The molecule has 11 nitrogen and oxygen atoms in total. The summed E-state index contributed by atoms with van der Waals surface area (Å²) in [5.74, 6) is -1.91. The van der Waals surface area contributed by atoms with Gasteiger partial charge in [0, 0.05) is 68.9 Å². The molecule has 272 valence electrons. The molecule has 0 amide bonds. The lowest BCUT2D eigenvalue weighted by Gasteiger charge is -2.71. The summed E-state index contributed by atoms with van der Waals surface area (Å²) in [6, 6.07) is 12.8. The van der Waals surface area contributed by atoms with Crippen LogP contribution in [-0.4, -0.2) is 111 Å². The number of esters is 1. The number of likely N-dealkylation sites (tertiary alicyclic amines) is 1. The Morgan fingerprint density at radius 1 is 1.02 bits per heavy atom. The molecule has 12 atom stereocenters. The number of sulfone groups is 1. The highest BCUT2D eigenvalue weighted by atomic mass is 32.2. The summed E-state index contributed by atoms with van der Waals surface area (Å²) in [4.78, 5) is 16.9. The van der Waals surface area contributed by atoms with Gasteiger partial charge in [0.25, 0.3) is 0 Å². The highest BCUT2D eigenvalue weighted by molar-refractivity contribution is 7.90. The molecule has 3 unspecified atom stereocenters. The quantitative estimate of drug-likeness (QED) is 0.312. The van der Waals surface area contributed by atoms with Crippen molar-refractivity contribution < 1.29 is 47.5 Å². The number of nitrogens with zero attached hydrogens (tertiary/aromatic N) is 1. The van der Waals surface area contributed by atoms with Crippen LogP contribution in [0.15, 0.2) is 53.4 Å². The van der Waals surface area contributed by atoms with Crippen LogP contribution in [-0.2, 0) is 29.8 Å². The van der Waals surface area contributed by atoms with Crippen molar-refractivity contribution in [2.45, 2.75) is 84.7 Å². The van der Waals surface area contributed by atoms with E-state index < -0.39 is 55.8 Å². The van der Waals surface area contributed by atoms with Crippen LogP contribution in [0.5, 0.6) is 5.75 Å². The summed E-state index contributed by atoms with van der Waals surface area (Å²) in [5.41, 5.74) is -4.17. The van der Waals surface area contributed by atoms with Gasteiger partial charge in [-0.25, -0.2) is 13.2 Å². The smallest absolute Gasteiger partial charge is 0.339 e. The molecule has 0 aromatic heterocycles. The SMILES string of the molecule is CCN1C[C@]2(OC(=O)c3ccccc3CS(=O)(=O)c3cccc(OC)c3)CC[C@H](CO)[C@]34C1[C@H](CC23)[C@@]1(O)C[C@H](OC)[C@H]2CC4[C@]1(O)[C@H]2OC. The minimum Gasteiger partial charge on any atom is -0.497 e. The van der Waals surface area contributed by atoms with Gasteiger partial charge in [0.15, 0.2) is 9.84 Å². The first-order valence-electron chi connectivity index (χ1n) is 17.9. The Balaban J connectivity index is 1.20. The lowest BCUT2D eigenvalue weighted by molar-refractivity contribution is -0.333. The fraction of sp³-hybridized carbons (Fsp3) is 0.658. The molecule has 3 N–H and O–H groups in total. The van der Waals surface area contributed by atoms with Gasteiger partial charge in [-0.05, 0) is 68.0 Å². The normalized spacial score (nSPS) is 42.7. The second-order valence-corrected chi connectivity index (χ2v) is 17.7. The van der Waals surface area contributed by atoms with Gasteiger partial charge in [-0.3, -0.25) is 4.90 Å². The van der Waals surface area contributed by atoms with Crippen molar-refractivity contribution in [2.75, 3.05) is 41.0 Å². The largest absolute Gasteiger partial charge is 0.497 e. The summed E-state index contributed by atoms with van der Waals surface area (Å²) in [6.07, 6.45) is 1.55. The predicted molar refractivity (Wildman–Crippen MR) is 181 cm³/mol. The second-order valence-electron chi connectivity index (χ2n) is 15.7. The van der Waals surface area contributed by atoms with Gasteiger partial charge in [-0.2, -0.15) is 0 Å². The molecule has 5 aliphatic carbocycles. The number of fused-ring (bicyclic) bond motifs is 2. The highest BCUT2D eigenvalue weighted by Gasteiger charge is 2.88. The first-order chi connectivity index (χ1) is 23.9. The third-order valence-electron chi connectivity index (χ3n) is 14.3. The number of aliphatic hydroxyl groups is 3. The fourth-order valence-electron chi connectivity index (χ4n) is 12.7. The van der Waals surface area contributed by atoms with Gasteiger partial charge in [0.05, 0.1) is 35.5 Å². The second kappa shape index (κ2) is 11.7. The molecule has 1 aliphatic heterocycles. The molecule has 8 rings (SSSR count). The average molecular weight is 712 g/mol. The zero-order valence-electron chi connectivity index (χ0n) is 29.2. The molecular weight excluding hydrogens is 662 g/mol. The van der Waals surface area contributed by atoms with Crippen molar-refractivity contribution in [3.8, 4) is 5.75 Å². The number of rotatable bonds is 10. The molecular formula is C38H49NO10S. The maximum absolute atomic E-state index is 14.5. The topological polar surface area (TPSA) is 152 Å². The molecule has 5 saturated carbocycles. The Hall–Kier alpha value is -2.58. The number of ether oxygens (including phenoxy) is 4. The van der Waals surface area contributed by atoms with E-state index in [1.54, 1.807) is 50.6 Å². The number of hydrogen-bond acceptors (Lipinski definition) is 11. The first kappa shape index (κ1) is 34.5. The van der Waals surface area contributed by atoms with Gasteiger partial charge in [-0.1, -0.05) is 31.2 Å². The number of methoxy groups -OCH3 is 3. The van der Waals surface area contributed by atoms with Crippen molar-refractivity contribution in [2.24, 2.45) is 35.0 Å². The van der Waals surface area contributed by atoms with E-state index in [0.717, 1.165) is 0 Å². The van der Waals surface area contributed by atoms with E-state index in [9.17, 15) is 28.5 Å². The number of benzene rings is 2. The van der Waals surface area contributed by atoms with Crippen LogP contribution in [0.3, 0.4) is 0 Å². The number of aliphatic hydroxyl groups excluding tert-OH is 1. The summed E-state index contributed by atoms with van der Waals surface area (Å²) >= 11 is 0. The molecule has 6 fully saturated rings. The Kier molecular flexibility index (Phi) is 8.08. The number of piperidine rings is 1. The Morgan fingerprint density at radius 3 is 2.50 bits per heavy atom. The zero-order chi connectivity index (χ0) is 35.4. The minimum atomic E-state index is -3.84. The molecule has 7 bridgehead atoms. The first-order valence-corrected chi connectivity index (χ1v) is 19.6. The molecule has 1 spiro atoms. The monoisotopic (exact) mass is 711 g/mol. The van der Waals surface area contributed by atoms with Gasteiger partial charge >= 0.3 is 5.97 Å². The van der Waals surface area contributed by atoms with Crippen molar-refractivity contribution >= 4 is 15.8 Å². The van der Waals surface area contributed by atoms with Crippen molar-refractivity contribution in [1.82, 2.24) is 4.90 Å². The lowest BCUT2D eigenvalue weighted by atomic mass is 9.42.